The highest BCUT2D eigenvalue weighted by atomic mass is 15.4. The molecule has 8 nitrogen and oxygen atoms in total. The quantitative estimate of drug-likeness (QED) is 0.574. The van der Waals surface area contributed by atoms with Crippen molar-refractivity contribution in [2.75, 3.05) is 0 Å². The number of fused-ring (bicyclic) bond motifs is 1. The van der Waals surface area contributed by atoms with E-state index >= 15 is 0 Å². The van der Waals surface area contributed by atoms with Crippen molar-refractivity contribution in [2.24, 2.45) is 0 Å². The second kappa shape index (κ2) is 3.34. The minimum Gasteiger partial charge on any atom is -0.216 e. The molecule has 0 aliphatic carbocycles. The van der Waals surface area contributed by atoms with Gasteiger partial charge >= 0.3 is 0 Å². The van der Waals surface area contributed by atoms with E-state index in [-0.39, 0.29) is 5.82 Å². The average Bonchev–Trinajstić information content (AvgIpc) is 2.95. The van der Waals surface area contributed by atoms with Crippen LogP contribution in [0.4, 0.5) is 0 Å². The Morgan fingerprint density at radius 3 is 3.00 bits per heavy atom. The molecule has 0 N–H and O–H groups in total. The predicted octanol–water partition coefficient (Wildman–Crippen LogP) is -0.115. The van der Waals surface area contributed by atoms with Crippen LogP contribution in [0.3, 0.4) is 0 Å². The van der Waals surface area contributed by atoms with Crippen molar-refractivity contribution in [2.45, 2.75) is 6.92 Å². The van der Waals surface area contributed by atoms with Crippen LogP contribution in [0.1, 0.15) is 11.5 Å². The van der Waals surface area contributed by atoms with Crippen molar-refractivity contribution in [3.8, 4) is 11.9 Å². The van der Waals surface area contributed by atoms with Crippen LogP contribution in [-0.4, -0.2) is 34.3 Å². The smallest absolute Gasteiger partial charge is 0.216 e. The third-order valence-corrected chi connectivity index (χ3v) is 2.19. The van der Waals surface area contributed by atoms with Gasteiger partial charge in [-0.2, -0.15) is 19.9 Å². The number of hydrogen-bond acceptors (Lipinski definition) is 6. The Hall–Kier alpha value is -2.82. The highest BCUT2D eigenvalue weighted by Crippen LogP contribution is 2.08. The van der Waals surface area contributed by atoms with Gasteiger partial charge in [0.2, 0.25) is 0 Å². The molecule has 3 aromatic rings. The minimum atomic E-state index is 0.104. The molecule has 3 heterocycles. The van der Waals surface area contributed by atoms with Crippen molar-refractivity contribution >= 4 is 5.78 Å². The molecule has 0 unspecified atom stereocenters. The fraction of sp³-hybridized carbons (Fsp3) is 0.111. The van der Waals surface area contributed by atoms with E-state index in [0.29, 0.717) is 11.6 Å². The van der Waals surface area contributed by atoms with Crippen LogP contribution < -0.4 is 0 Å². The monoisotopic (exact) mass is 226 g/mol. The number of nitrogens with zero attached hydrogens (tertiary/aromatic N) is 8. The van der Waals surface area contributed by atoms with Crippen LogP contribution in [0.2, 0.25) is 0 Å². The van der Waals surface area contributed by atoms with Gasteiger partial charge in [-0.3, -0.25) is 0 Å². The van der Waals surface area contributed by atoms with Crippen LogP contribution in [0.25, 0.3) is 11.6 Å². The summed E-state index contributed by atoms with van der Waals surface area (Å²) in [6.07, 6.45) is 2.86. The van der Waals surface area contributed by atoms with Gasteiger partial charge in [0.05, 0.1) is 0 Å². The van der Waals surface area contributed by atoms with Crippen molar-refractivity contribution in [1.82, 2.24) is 34.3 Å². The Kier molecular flexibility index (Phi) is 1.85. The van der Waals surface area contributed by atoms with Crippen LogP contribution in [-0.2, 0) is 0 Å². The lowest BCUT2D eigenvalue weighted by Crippen LogP contribution is -2.06. The molecule has 17 heavy (non-hydrogen) atoms. The van der Waals surface area contributed by atoms with E-state index in [0.717, 1.165) is 5.69 Å². The molecular weight excluding hydrogens is 220 g/mol. The van der Waals surface area contributed by atoms with Gasteiger partial charge in [0.1, 0.15) is 18.7 Å². The fourth-order valence-electron chi connectivity index (χ4n) is 1.50. The van der Waals surface area contributed by atoms with Gasteiger partial charge in [-0.05, 0) is 6.92 Å². The zero-order chi connectivity index (χ0) is 11.8. The summed E-state index contributed by atoms with van der Waals surface area (Å²) in [7, 11) is 0. The number of hydrogen-bond donors (Lipinski definition) is 0. The van der Waals surface area contributed by atoms with Gasteiger partial charge in [0.15, 0.2) is 5.82 Å². The third-order valence-electron chi connectivity index (χ3n) is 2.19. The first-order chi connectivity index (χ1) is 8.28. The number of aromatic nitrogens is 7. The lowest BCUT2D eigenvalue weighted by molar-refractivity contribution is 0.773. The second-order valence-electron chi connectivity index (χ2n) is 3.35. The first-order valence-electron chi connectivity index (χ1n) is 4.77. The summed E-state index contributed by atoms with van der Waals surface area (Å²) >= 11 is 0. The van der Waals surface area contributed by atoms with E-state index in [1.807, 2.05) is 13.0 Å². The lowest BCUT2D eigenvalue weighted by atomic mass is 10.4. The molecule has 0 radical (unpaired) electrons. The van der Waals surface area contributed by atoms with Crippen LogP contribution in [0.15, 0.2) is 18.7 Å². The van der Waals surface area contributed by atoms with Crippen molar-refractivity contribution < 1.29 is 0 Å². The SMILES string of the molecule is Cc1cc(-n2cnc(C#N)n2)n2ncnc2n1. The van der Waals surface area contributed by atoms with Crippen LogP contribution in [0.5, 0.6) is 0 Å². The zero-order valence-corrected chi connectivity index (χ0v) is 8.81. The Morgan fingerprint density at radius 1 is 1.35 bits per heavy atom. The summed E-state index contributed by atoms with van der Waals surface area (Å²) in [4.78, 5) is 12.1. The molecule has 0 spiro atoms. The summed E-state index contributed by atoms with van der Waals surface area (Å²) < 4.78 is 3.00. The third kappa shape index (κ3) is 1.41. The molecule has 0 atom stereocenters. The molecule has 0 amide bonds. The van der Waals surface area contributed by atoms with Gasteiger partial charge in [-0.15, -0.1) is 5.10 Å². The van der Waals surface area contributed by atoms with Crippen molar-refractivity contribution in [1.29, 1.82) is 5.26 Å². The van der Waals surface area contributed by atoms with E-state index in [1.54, 1.807) is 6.07 Å². The Morgan fingerprint density at radius 2 is 2.24 bits per heavy atom. The van der Waals surface area contributed by atoms with Crippen LogP contribution in [0, 0.1) is 18.3 Å². The van der Waals surface area contributed by atoms with Gasteiger partial charge in [0.25, 0.3) is 11.6 Å². The Labute approximate surface area is 95.2 Å². The largest absolute Gasteiger partial charge is 0.254 e. The normalized spacial score (nSPS) is 10.6. The van der Waals surface area contributed by atoms with E-state index in [2.05, 4.69) is 25.1 Å². The van der Waals surface area contributed by atoms with E-state index in [1.165, 1.54) is 21.9 Å². The zero-order valence-electron chi connectivity index (χ0n) is 8.81. The fourth-order valence-corrected chi connectivity index (χ4v) is 1.50. The Bertz CT molecular complexity index is 731. The van der Waals surface area contributed by atoms with Gasteiger partial charge < -0.3 is 0 Å². The number of rotatable bonds is 1. The molecule has 0 aliphatic rings. The summed E-state index contributed by atoms with van der Waals surface area (Å²) in [6, 6.07) is 3.66. The molecular formula is C9H6N8. The second-order valence-corrected chi connectivity index (χ2v) is 3.35. The summed E-state index contributed by atoms with van der Waals surface area (Å²) in [5.74, 6) is 1.22. The first kappa shape index (κ1) is 9.41. The summed E-state index contributed by atoms with van der Waals surface area (Å²) in [6.45, 7) is 1.85. The molecule has 3 rings (SSSR count). The number of nitriles is 1. The maximum atomic E-state index is 8.69. The maximum Gasteiger partial charge on any atom is 0.254 e. The van der Waals surface area contributed by atoms with Gasteiger partial charge in [-0.1, -0.05) is 0 Å². The van der Waals surface area contributed by atoms with E-state index in [4.69, 9.17) is 5.26 Å². The van der Waals surface area contributed by atoms with Gasteiger partial charge in [-0.25, -0.2) is 14.6 Å². The molecule has 0 saturated heterocycles. The summed E-state index contributed by atoms with van der Waals surface area (Å²) in [5, 5.41) is 16.7. The van der Waals surface area contributed by atoms with E-state index < -0.39 is 0 Å². The van der Waals surface area contributed by atoms with Gasteiger partial charge in [0, 0.05) is 11.8 Å². The standard InChI is InChI=1S/C9H6N8/c1-6-2-8(16-5-12-7(3-10)15-16)17-9(14-6)11-4-13-17/h2,4-5H,1H3. The molecule has 0 aromatic carbocycles. The molecule has 0 fully saturated rings. The van der Waals surface area contributed by atoms with E-state index in [9.17, 15) is 0 Å². The minimum absolute atomic E-state index is 0.104. The molecule has 0 saturated carbocycles. The maximum absolute atomic E-state index is 8.69. The molecule has 82 valence electrons. The lowest BCUT2D eigenvalue weighted by Gasteiger charge is -2.03. The highest BCUT2D eigenvalue weighted by Gasteiger charge is 2.09. The average molecular weight is 226 g/mol. The number of aryl methyl sites for hydroxylation is 1. The topological polar surface area (TPSA) is 97.6 Å². The molecule has 0 aliphatic heterocycles. The van der Waals surface area contributed by atoms with Crippen molar-refractivity contribution in [3.05, 3.63) is 30.2 Å². The van der Waals surface area contributed by atoms with Crippen molar-refractivity contribution in [3.63, 3.8) is 0 Å². The highest BCUT2D eigenvalue weighted by molar-refractivity contribution is 5.36. The molecule has 0 bridgehead atoms. The molecule has 8 heteroatoms. The Balaban J connectivity index is 2.29. The first-order valence-corrected chi connectivity index (χ1v) is 4.77. The van der Waals surface area contributed by atoms with Crippen LogP contribution >= 0.6 is 0 Å². The summed E-state index contributed by atoms with van der Waals surface area (Å²) in [5.41, 5.74) is 0.787. The predicted molar refractivity (Wildman–Crippen MR) is 55.2 cm³/mol. The molecule has 3 aromatic heterocycles.